The molecule has 0 aromatic heterocycles. The Balaban J connectivity index is 1.83. The van der Waals surface area contributed by atoms with Crippen LogP contribution in [0.5, 0.6) is 5.75 Å². The van der Waals surface area contributed by atoms with Crippen LogP contribution in [0, 0.1) is 6.92 Å². The summed E-state index contributed by atoms with van der Waals surface area (Å²) >= 11 is 7.05. The van der Waals surface area contributed by atoms with E-state index < -0.39 is 0 Å². The van der Waals surface area contributed by atoms with E-state index in [4.69, 9.17) is 16.3 Å². The molecule has 1 heterocycles. The molecule has 3 rings (SSSR count). The number of thioether (sulfide) groups is 1. The largest absolute Gasteiger partial charge is 0.495 e. The van der Waals surface area contributed by atoms with Gasteiger partial charge in [0.05, 0.1) is 23.6 Å². The van der Waals surface area contributed by atoms with Crippen LogP contribution >= 0.6 is 23.4 Å². The number of carbonyl (C=O) groups excluding carboxylic acids is 2. The van der Waals surface area contributed by atoms with E-state index >= 15 is 0 Å². The van der Waals surface area contributed by atoms with E-state index in [2.05, 4.69) is 0 Å². The molecule has 0 N–H and O–H groups in total. The summed E-state index contributed by atoms with van der Waals surface area (Å²) in [4.78, 5) is 26.5. The molecule has 2 aromatic rings. The maximum absolute atomic E-state index is 12.6. The number of aryl methyl sites for hydroxylation is 1. The van der Waals surface area contributed by atoms with E-state index in [9.17, 15) is 9.59 Å². The van der Waals surface area contributed by atoms with Crippen molar-refractivity contribution in [2.45, 2.75) is 13.5 Å². The van der Waals surface area contributed by atoms with Crippen molar-refractivity contribution in [2.24, 2.45) is 0 Å². The first-order valence-electron chi connectivity index (χ1n) is 7.63. The molecule has 1 saturated heterocycles. The summed E-state index contributed by atoms with van der Waals surface area (Å²) in [5.41, 5.74) is 2.75. The lowest BCUT2D eigenvalue weighted by atomic mass is 10.1. The Labute approximate surface area is 155 Å². The molecule has 0 bridgehead atoms. The molecule has 128 valence electrons. The lowest BCUT2D eigenvalue weighted by Crippen LogP contribution is -2.27. The van der Waals surface area contributed by atoms with Crippen LogP contribution in [0.3, 0.4) is 0 Å². The first kappa shape index (κ1) is 17.6. The summed E-state index contributed by atoms with van der Waals surface area (Å²) in [5, 5.41) is 0.189. The lowest BCUT2D eigenvalue weighted by molar-refractivity contribution is -0.123. The van der Waals surface area contributed by atoms with E-state index in [0.29, 0.717) is 15.7 Å². The number of hydrogen-bond donors (Lipinski definition) is 0. The maximum atomic E-state index is 12.6. The summed E-state index contributed by atoms with van der Waals surface area (Å²) in [6.07, 6.45) is 1.67. The molecule has 2 amide bonds. The van der Waals surface area contributed by atoms with E-state index in [0.717, 1.165) is 28.5 Å². The van der Waals surface area contributed by atoms with Crippen LogP contribution in [-0.2, 0) is 11.3 Å². The Morgan fingerprint density at radius 1 is 1.20 bits per heavy atom. The molecule has 0 saturated carbocycles. The van der Waals surface area contributed by atoms with Gasteiger partial charge in [-0.2, -0.15) is 0 Å². The van der Waals surface area contributed by atoms with Crippen molar-refractivity contribution in [3.05, 3.63) is 69.1 Å². The van der Waals surface area contributed by atoms with Crippen LogP contribution in [0.15, 0.2) is 47.4 Å². The Hall–Kier alpha value is -2.24. The zero-order valence-electron chi connectivity index (χ0n) is 13.8. The van der Waals surface area contributed by atoms with Gasteiger partial charge in [0.15, 0.2) is 0 Å². The van der Waals surface area contributed by atoms with Gasteiger partial charge in [0.25, 0.3) is 11.1 Å². The molecule has 0 atom stereocenters. The highest BCUT2D eigenvalue weighted by molar-refractivity contribution is 8.18. The van der Waals surface area contributed by atoms with E-state index in [-0.39, 0.29) is 17.7 Å². The van der Waals surface area contributed by atoms with Crippen LogP contribution in [0.25, 0.3) is 6.08 Å². The van der Waals surface area contributed by atoms with Crippen LogP contribution in [0.4, 0.5) is 4.79 Å². The Kier molecular flexibility index (Phi) is 5.16. The van der Waals surface area contributed by atoms with E-state index in [1.165, 1.54) is 12.0 Å². The number of benzene rings is 2. The second-order valence-corrected chi connectivity index (χ2v) is 6.99. The molecular weight excluding hydrogens is 358 g/mol. The number of carbonyl (C=O) groups is 2. The quantitative estimate of drug-likeness (QED) is 0.715. The first-order valence-corrected chi connectivity index (χ1v) is 8.82. The molecule has 2 aromatic carbocycles. The molecule has 0 spiro atoms. The summed E-state index contributed by atoms with van der Waals surface area (Å²) in [6, 6.07) is 12.9. The van der Waals surface area contributed by atoms with Gasteiger partial charge >= 0.3 is 0 Å². The van der Waals surface area contributed by atoms with Gasteiger partial charge in [-0.15, -0.1) is 0 Å². The zero-order valence-corrected chi connectivity index (χ0v) is 15.4. The fourth-order valence-corrected chi connectivity index (χ4v) is 3.62. The number of nitrogens with zero attached hydrogens (tertiary/aromatic N) is 1. The number of ether oxygens (including phenoxy) is 1. The summed E-state index contributed by atoms with van der Waals surface area (Å²) < 4.78 is 5.12. The zero-order chi connectivity index (χ0) is 18.0. The molecule has 0 aliphatic carbocycles. The number of imide groups is 1. The SMILES string of the molecule is COc1ccc(/C=C2\SC(=O)N(Cc3ccccc3C)C2=O)cc1Cl. The van der Waals surface area contributed by atoms with Crippen molar-refractivity contribution in [1.29, 1.82) is 0 Å². The van der Waals surface area contributed by atoms with Crippen LogP contribution in [0.2, 0.25) is 5.02 Å². The molecule has 25 heavy (non-hydrogen) atoms. The van der Waals surface area contributed by atoms with Crippen molar-refractivity contribution in [1.82, 2.24) is 4.90 Å². The summed E-state index contributed by atoms with van der Waals surface area (Å²) in [7, 11) is 1.54. The minimum atomic E-state index is -0.287. The number of amides is 2. The predicted octanol–water partition coefficient (Wildman–Crippen LogP) is 4.89. The second-order valence-electron chi connectivity index (χ2n) is 5.59. The van der Waals surface area contributed by atoms with Gasteiger partial charge in [0.2, 0.25) is 0 Å². The topological polar surface area (TPSA) is 46.6 Å². The van der Waals surface area contributed by atoms with E-state index in [1.807, 2.05) is 31.2 Å². The fourth-order valence-electron chi connectivity index (χ4n) is 2.52. The number of methoxy groups -OCH3 is 1. The number of halogens is 1. The molecule has 1 fully saturated rings. The minimum absolute atomic E-state index is 0.265. The highest BCUT2D eigenvalue weighted by atomic mass is 35.5. The van der Waals surface area contributed by atoms with Gasteiger partial charge in [-0.05, 0) is 53.6 Å². The van der Waals surface area contributed by atoms with Gasteiger partial charge in [0.1, 0.15) is 5.75 Å². The predicted molar refractivity (Wildman–Crippen MR) is 101 cm³/mol. The molecule has 0 unspecified atom stereocenters. The van der Waals surface area contributed by atoms with Gasteiger partial charge < -0.3 is 4.74 Å². The van der Waals surface area contributed by atoms with Gasteiger partial charge in [0, 0.05) is 0 Å². The monoisotopic (exact) mass is 373 g/mol. The molecule has 4 nitrogen and oxygen atoms in total. The molecule has 0 radical (unpaired) electrons. The normalized spacial score (nSPS) is 16.0. The maximum Gasteiger partial charge on any atom is 0.293 e. The minimum Gasteiger partial charge on any atom is -0.495 e. The second kappa shape index (κ2) is 7.33. The van der Waals surface area contributed by atoms with Crippen LogP contribution in [-0.4, -0.2) is 23.2 Å². The van der Waals surface area contributed by atoms with Crippen molar-refractivity contribution >= 4 is 40.6 Å². The Bertz CT molecular complexity index is 879. The van der Waals surface area contributed by atoms with Crippen LogP contribution in [0.1, 0.15) is 16.7 Å². The smallest absolute Gasteiger partial charge is 0.293 e. The lowest BCUT2D eigenvalue weighted by Gasteiger charge is -2.14. The van der Waals surface area contributed by atoms with E-state index in [1.54, 1.807) is 24.3 Å². The number of hydrogen-bond acceptors (Lipinski definition) is 4. The summed E-state index contributed by atoms with van der Waals surface area (Å²) in [6.45, 7) is 2.24. The van der Waals surface area contributed by atoms with Gasteiger partial charge in [-0.1, -0.05) is 41.9 Å². The molecule has 1 aliphatic heterocycles. The Morgan fingerprint density at radius 3 is 2.64 bits per heavy atom. The third kappa shape index (κ3) is 3.72. The van der Waals surface area contributed by atoms with Crippen molar-refractivity contribution < 1.29 is 14.3 Å². The average molecular weight is 374 g/mol. The molecular formula is C19H16ClNO3S. The first-order chi connectivity index (χ1) is 12.0. The van der Waals surface area contributed by atoms with Crippen molar-refractivity contribution in [3.63, 3.8) is 0 Å². The number of rotatable bonds is 4. The molecule has 6 heteroatoms. The van der Waals surface area contributed by atoms with Crippen molar-refractivity contribution in [2.75, 3.05) is 7.11 Å². The average Bonchev–Trinajstić information content (AvgIpc) is 2.84. The Morgan fingerprint density at radius 2 is 1.96 bits per heavy atom. The third-order valence-electron chi connectivity index (χ3n) is 3.94. The highest BCUT2D eigenvalue weighted by Gasteiger charge is 2.35. The summed E-state index contributed by atoms with van der Waals surface area (Å²) in [5.74, 6) is 0.275. The fraction of sp³-hybridized carbons (Fsp3) is 0.158. The standard InChI is InChI=1S/C19H16ClNO3S/c1-12-5-3-4-6-14(12)11-21-18(22)17(25-19(21)23)10-13-7-8-16(24-2)15(20)9-13/h3-10H,11H2,1-2H3/b17-10-. The van der Waals surface area contributed by atoms with Crippen molar-refractivity contribution in [3.8, 4) is 5.75 Å². The highest BCUT2D eigenvalue weighted by Crippen LogP contribution is 2.34. The van der Waals surface area contributed by atoms with Gasteiger partial charge in [-0.25, -0.2) is 0 Å². The van der Waals surface area contributed by atoms with Crippen LogP contribution < -0.4 is 4.74 Å². The third-order valence-corrected chi connectivity index (χ3v) is 5.14. The molecule has 1 aliphatic rings. The van der Waals surface area contributed by atoms with Gasteiger partial charge in [-0.3, -0.25) is 14.5 Å².